The lowest BCUT2D eigenvalue weighted by atomic mass is 9.87. The molecule has 2 aromatic heterocycles. The van der Waals surface area contributed by atoms with Gasteiger partial charge < -0.3 is 44.8 Å². The summed E-state index contributed by atoms with van der Waals surface area (Å²) in [7, 11) is 2.59. The second-order valence-electron chi connectivity index (χ2n) is 20.4. The zero-order valence-corrected chi connectivity index (χ0v) is 41.4. The van der Waals surface area contributed by atoms with Gasteiger partial charge in [0.15, 0.2) is 11.6 Å². The van der Waals surface area contributed by atoms with E-state index in [2.05, 4.69) is 129 Å². The van der Waals surface area contributed by atoms with Crippen molar-refractivity contribution < 1.29 is 28.7 Å². The van der Waals surface area contributed by atoms with E-state index in [0.29, 0.717) is 24.7 Å². The van der Waals surface area contributed by atoms with Gasteiger partial charge in [-0.3, -0.25) is 9.59 Å². The van der Waals surface area contributed by atoms with Crippen molar-refractivity contribution in [3.8, 4) is 22.6 Å². The Kier molecular flexibility index (Phi) is 14.5. The van der Waals surface area contributed by atoms with Crippen LogP contribution in [-0.4, -0.2) is 98.3 Å². The summed E-state index contributed by atoms with van der Waals surface area (Å²) in [6, 6.07) is 24.6. The average Bonchev–Trinajstić information content (AvgIpc) is 4.21. The number of benzene rings is 3. The number of hydrogen-bond donors (Lipinski definition) is 4. The molecule has 3 fully saturated rings. The van der Waals surface area contributed by atoms with Gasteiger partial charge in [0.05, 0.1) is 44.1 Å². The number of nitrogens with zero attached hydrogens (tertiary/aromatic N) is 6. The van der Waals surface area contributed by atoms with E-state index in [0.717, 1.165) is 66.9 Å². The van der Waals surface area contributed by atoms with Gasteiger partial charge in [-0.2, -0.15) is 0 Å². The lowest BCUT2D eigenvalue weighted by Crippen LogP contribution is -2.51. The van der Waals surface area contributed by atoms with Gasteiger partial charge in [-0.25, -0.2) is 14.6 Å². The summed E-state index contributed by atoms with van der Waals surface area (Å²) >= 11 is 0. The molecular formula is C53H68N10O6. The van der Waals surface area contributed by atoms with Crippen molar-refractivity contribution in [1.82, 2.24) is 45.6 Å². The van der Waals surface area contributed by atoms with Gasteiger partial charge in [-0.15, -0.1) is 10.2 Å². The number of amides is 4. The van der Waals surface area contributed by atoms with Crippen molar-refractivity contribution in [3.05, 3.63) is 107 Å². The first kappa shape index (κ1) is 48.7. The van der Waals surface area contributed by atoms with E-state index >= 15 is 0 Å². The number of likely N-dealkylation sites (tertiary alicyclic amines) is 2. The number of rotatable bonds is 13. The molecule has 3 aliphatic rings. The van der Waals surface area contributed by atoms with Crippen LogP contribution in [0.15, 0.2) is 79.0 Å². The second kappa shape index (κ2) is 20.5. The third kappa shape index (κ3) is 10.3. The first-order valence-electron chi connectivity index (χ1n) is 24.4. The number of alkyl carbamates (subject to hydrolysis) is 2. The standard InChI is InChI=1S/C53H68N10O6/c1-31(2)44(56-51(66)68-8)49(64)61-28-10-12-42(61)47-54-30-39(55-47)33-14-16-34(17-15-33)40-26-27-41(63(40)38-24-22-37(23-25-38)53(5,6)7)35-18-20-36(21-19-35)46-58-48(60-59-46)43-13-11-29-62(43)50(65)45(32(3)4)57-52(67)69-9/h14-25,30-32,40-45H,10-13,26-29H2,1-9H3,(H,54,55)(H,56,66)(H,57,67)(H,58,59,60)/t40-,41-,42+,43+,44+,45+/m1/s1. The highest BCUT2D eigenvalue weighted by Crippen LogP contribution is 2.48. The van der Waals surface area contributed by atoms with E-state index in [9.17, 15) is 19.2 Å². The Hall–Kier alpha value is -6.71. The molecule has 5 aromatic rings. The molecule has 6 atom stereocenters. The predicted octanol–water partition coefficient (Wildman–Crippen LogP) is 9.33. The SMILES string of the molecule is COC(=O)N[C@H](C(=O)N1CCC[C@H]1c1nc(-c2ccc([C@H]3CC[C@H](c4ccc(-c5nnc([C@@H]6CCCN6C(=O)[C@@H](NC(=O)OC)C(C)C)[nH]5)cc4)N3c3ccc(C(C)(C)C)cc3)cc2)c[nH]1)C(C)C. The minimum Gasteiger partial charge on any atom is -0.453 e. The molecule has 8 rings (SSSR count). The summed E-state index contributed by atoms with van der Waals surface area (Å²) in [6.07, 6.45) is 5.76. The number of methoxy groups -OCH3 is 2. The van der Waals surface area contributed by atoms with Crippen molar-refractivity contribution in [2.75, 3.05) is 32.2 Å². The van der Waals surface area contributed by atoms with Crippen LogP contribution in [0.2, 0.25) is 0 Å². The molecule has 0 unspecified atom stereocenters. The third-order valence-corrected chi connectivity index (χ3v) is 14.2. The molecule has 0 aliphatic carbocycles. The number of aromatic nitrogens is 5. The number of aromatic amines is 2. The van der Waals surface area contributed by atoms with Gasteiger partial charge in [0.1, 0.15) is 17.9 Å². The van der Waals surface area contributed by atoms with Crippen molar-refractivity contribution in [1.29, 1.82) is 0 Å². The van der Waals surface area contributed by atoms with Crippen LogP contribution in [-0.2, 0) is 24.5 Å². The predicted molar refractivity (Wildman–Crippen MR) is 264 cm³/mol. The van der Waals surface area contributed by atoms with Crippen molar-refractivity contribution in [2.45, 2.75) is 129 Å². The number of H-pyrrole nitrogens is 2. The van der Waals surface area contributed by atoms with Gasteiger partial charge in [-0.1, -0.05) is 109 Å². The van der Waals surface area contributed by atoms with Crippen LogP contribution in [0.3, 0.4) is 0 Å². The molecule has 3 saturated heterocycles. The van der Waals surface area contributed by atoms with E-state index in [1.54, 1.807) is 4.90 Å². The maximum absolute atomic E-state index is 13.7. The maximum Gasteiger partial charge on any atom is 0.407 e. The molecule has 16 nitrogen and oxygen atoms in total. The van der Waals surface area contributed by atoms with Gasteiger partial charge in [0, 0.05) is 36.1 Å². The Morgan fingerprint density at radius 2 is 1.13 bits per heavy atom. The van der Waals surface area contributed by atoms with Crippen LogP contribution >= 0.6 is 0 Å². The molecule has 3 aromatic carbocycles. The van der Waals surface area contributed by atoms with Crippen LogP contribution in [0.1, 0.15) is 139 Å². The molecule has 0 radical (unpaired) electrons. The highest BCUT2D eigenvalue weighted by atomic mass is 16.5. The summed E-state index contributed by atoms with van der Waals surface area (Å²) in [5.41, 5.74) is 7.57. The number of nitrogens with one attached hydrogen (secondary N) is 4. The highest BCUT2D eigenvalue weighted by Gasteiger charge is 2.40. The summed E-state index contributed by atoms with van der Waals surface area (Å²) < 4.78 is 9.61. The minimum absolute atomic E-state index is 0.0221. The highest BCUT2D eigenvalue weighted by molar-refractivity contribution is 5.87. The fourth-order valence-corrected chi connectivity index (χ4v) is 10.3. The summed E-state index contributed by atoms with van der Waals surface area (Å²) in [5, 5.41) is 14.5. The molecule has 0 bridgehead atoms. The lowest BCUT2D eigenvalue weighted by molar-refractivity contribution is -0.136. The van der Waals surface area contributed by atoms with E-state index < -0.39 is 24.3 Å². The molecule has 5 heterocycles. The molecule has 4 amide bonds. The fraction of sp³-hybridized carbons (Fsp3) is 0.491. The molecule has 366 valence electrons. The Bertz CT molecular complexity index is 2430. The van der Waals surface area contributed by atoms with E-state index in [4.69, 9.17) is 14.5 Å². The normalized spacial score (nSPS) is 20.4. The molecule has 16 heteroatoms. The Morgan fingerprint density at radius 1 is 0.638 bits per heavy atom. The topological polar surface area (TPSA) is 191 Å². The average molecular weight is 941 g/mol. The summed E-state index contributed by atoms with van der Waals surface area (Å²) in [4.78, 5) is 69.7. The first-order valence-corrected chi connectivity index (χ1v) is 24.4. The summed E-state index contributed by atoms with van der Waals surface area (Å²) in [5.74, 6) is 1.45. The van der Waals surface area contributed by atoms with Crippen LogP contribution in [0.4, 0.5) is 15.3 Å². The van der Waals surface area contributed by atoms with Gasteiger partial charge in [0.2, 0.25) is 11.8 Å². The van der Waals surface area contributed by atoms with E-state index in [-0.39, 0.29) is 53.2 Å². The largest absolute Gasteiger partial charge is 0.453 e. The number of carbonyl (C=O) groups excluding carboxylic acids is 4. The molecule has 3 aliphatic heterocycles. The Morgan fingerprint density at radius 3 is 1.61 bits per heavy atom. The van der Waals surface area contributed by atoms with E-state index in [1.807, 2.05) is 38.8 Å². The van der Waals surface area contributed by atoms with Gasteiger partial charge >= 0.3 is 12.2 Å². The molecule has 69 heavy (non-hydrogen) atoms. The molecule has 0 saturated carbocycles. The number of carbonyl (C=O) groups is 4. The lowest BCUT2D eigenvalue weighted by Gasteiger charge is -2.34. The number of anilines is 1. The van der Waals surface area contributed by atoms with Crippen molar-refractivity contribution in [3.63, 3.8) is 0 Å². The van der Waals surface area contributed by atoms with Crippen molar-refractivity contribution in [2.24, 2.45) is 11.8 Å². The molecular weight excluding hydrogens is 873 g/mol. The van der Waals surface area contributed by atoms with Crippen molar-refractivity contribution >= 4 is 29.7 Å². The fourth-order valence-electron chi connectivity index (χ4n) is 10.3. The Balaban J connectivity index is 1.00. The first-order chi connectivity index (χ1) is 33.1. The number of ether oxygens (including phenoxy) is 2. The molecule has 0 spiro atoms. The van der Waals surface area contributed by atoms with Crippen LogP contribution in [0, 0.1) is 11.8 Å². The van der Waals surface area contributed by atoms with E-state index in [1.165, 1.54) is 30.9 Å². The monoisotopic (exact) mass is 941 g/mol. The van der Waals surface area contributed by atoms with Crippen LogP contribution in [0.5, 0.6) is 0 Å². The summed E-state index contributed by atoms with van der Waals surface area (Å²) in [6.45, 7) is 15.5. The smallest absolute Gasteiger partial charge is 0.407 e. The second-order valence-corrected chi connectivity index (χ2v) is 20.4. The zero-order valence-electron chi connectivity index (χ0n) is 41.4. The quantitative estimate of drug-likeness (QED) is 0.0885. The Labute approximate surface area is 405 Å². The zero-order chi connectivity index (χ0) is 49.1. The number of imidazole rings is 1. The maximum atomic E-state index is 13.7. The van der Waals surface area contributed by atoms with Gasteiger partial charge in [-0.05, 0) is 84.6 Å². The number of hydrogen-bond acceptors (Lipinski definition) is 10. The van der Waals surface area contributed by atoms with Gasteiger partial charge in [0.25, 0.3) is 0 Å². The van der Waals surface area contributed by atoms with Crippen LogP contribution in [0.25, 0.3) is 22.6 Å². The minimum atomic E-state index is -0.715. The molecule has 4 N–H and O–H groups in total. The third-order valence-electron chi connectivity index (χ3n) is 14.2. The van der Waals surface area contributed by atoms with Crippen LogP contribution < -0.4 is 15.5 Å².